The van der Waals surface area contributed by atoms with Crippen molar-refractivity contribution in [3.63, 3.8) is 0 Å². The van der Waals surface area contributed by atoms with E-state index in [0.717, 1.165) is 5.56 Å². The number of aromatic amines is 1. The van der Waals surface area contributed by atoms with Crippen LogP contribution in [0.1, 0.15) is 44.6 Å². The zero-order valence-electron chi connectivity index (χ0n) is 14.0. The number of methoxy groups -OCH3 is 1. The molecule has 1 amide bonds. The minimum Gasteiger partial charge on any atom is -0.465 e. The van der Waals surface area contributed by atoms with E-state index in [1.807, 2.05) is 37.3 Å². The van der Waals surface area contributed by atoms with Crippen molar-refractivity contribution in [2.75, 3.05) is 13.7 Å². The molecule has 2 aromatic rings. The Balaban J connectivity index is 2.30. The molecule has 0 atom stereocenters. The van der Waals surface area contributed by atoms with Crippen LogP contribution in [-0.4, -0.2) is 35.4 Å². The second kappa shape index (κ2) is 7.13. The number of amides is 1. The molecular formula is C18H22N2O3. The van der Waals surface area contributed by atoms with Crippen LogP contribution in [0.4, 0.5) is 0 Å². The molecule has 2 rings (SSSR count). The number of aryl methyl sites for hydroxylation is 1. The quantitative estimate of drug-likeness (QED) is 0.863. The zero-order chi connectivity index (χ0) is 17.0. The molecule has 1 N–H and O–H groups in total. The molecule has 1 aromatic heterocycles. The Labute approximate surface area is 136 Å². The molecular weight excluding hydrogens is 292 g/mol. The van der Waals surface area contributed by atoms with Crippen LogP contribution in [0.5, 0.6) is 0 Å². The molecule has 1 aromatic carbocycles. The molecule has 122 valence electrons. The third kappa shape index (κ3) is 3.44. The normalized spacial score (nSPS) is 10.4. The first kappa shape index (κ1) is 16.8. The topological polar surface area (TPSA) is 62.4 Å². The standard InChI is InChI=1S/C18H22N2O3/c1-5-20(11-14-9-7-6-8-10-14)17(21)16-12(2)15(13(3)19-16)18(22)23-4/h6-10,19H,5,11H2,1-4H3. The molecule has 5 nitrogen and oxygen atoms in total. The Morgan fingerprint density at radius 2 is 1.83 bits per heavy atom. The van der Waals surface area contributed by atoms with E-state index in [9.17, 15) is 9.59 Å². The van der Waals surface area contributed by atoms with Crippen LogP contribution in [0.3, 0.4) is 0 Å². The minimum absolute atomic E-state index is 0.118. The molecule has 5 heteroatoms. The molecule has 0 spiro atoms. The predicted molar refractivity (Wildman–Crippen MR) is 88.5 cm³/mol. The van der Waals surface area contributed by atoms with Crippen molar-refractivity contribution in [3.05, 3.63) is 58.4 Å². The van der Waals surface area contributed by atoms with Gasteiger partial charge in [0.2, 0.25) is 0 Å². The smallest absolute Gasteiger partial charge is 0.339 e. The average Bonchev–Trinajstić information content (AvgIpc) is 2.87. The van der Waals surface area contributed by atoms with Crippen LogP contribution >= 0.6 is 0 Å². The highest BCUT2D eigenvalue weighted by molar-refractivity contribution is 6.00. The first-order valence-corrected chi connectivity index (χ1v) is 7.60. The van der Waals surface area contributed by atoms with Gasteiger partial charge in [0.25, 0.3) is 5.91 Å². The Morgan fingerprint density at radius 1 is 1.17 bits per heavy atom. The first-order chi connectivity index (χ1) is 11.0. The number of esters is 1. The van der Waals surface area contributed by atoms with Gasteiger partial charge >= 0.3 is 5.97 Å². The maximum atomic E-state index is 12.8. The fraction of sp³-hybridized carbons (Fsp3) is 0.333. The number of benzene rings is 1. The van der Waals surface area contributed by atoms with Gasteiger partial charge in [-0.05, 0) is 31.9 Å². The van der Waals surface area contributed by atoms with Crippen molar-refractivity contribution in [2.45, 2.75) is 27.3 Å². The van der Waals surface area contributed by atoms with Gasteiger partial charge in [-0.2, -0.15) is 0 Å². The van der Waals surface area contributed by atoms with Gasteiger partial charge in [-0.3, -0.25) is 4.79 Å². The van der Waals surface area contributed by atoms with Crippen molar-refractivity contribution in [3.8, 4) is 0 Å². The van der Waals surface area contributed by atoms with Gasteiger partial charge in [0.1, 0.15) is 5.69 Å². The number of carbonyl (C=O) groups excluding carboxylic acids is 2. The van der Waals surface area contributed by atoms with Gasteiger partial charge in [0.05, 0.1) is 12.7 Å². The summed E-state index contributed by atoms with van der Waals surface area (Å²) >= 11 is 0. The van der Waals surface area contributed by atoms with Gasteiger partial charge in [-0.15, -0.1) is 0 Å². The lowest BCUT2D eigenvalue weighted by molar-refractivity contribution is 0.0599. The molecule has 0 bridgehead atoms. The number of rotatable bonds is 5. The number of hydrogen-bond acceptors (Lipinski definition) is 3. The van der Waals surface area contributed by atoms with Crippen LogP contribution in [0.25, 0.3) is 0 Å². The fourth-order valence-electron chi connectivity index (χ4n) is 2.66. The highest BCUT2D eigenvalue weighted by Gasteiger charge is 2.25. The summed E-state index contributed by atoms with van der Waals surface area (Å²) in [5, 5.41) is 0. The molecule has 0 unspecified atom stereocenters. The van der Waals surface area contributed by atoms with E-state index in [0.29, 0.717) is 35.6 Å². The molecule has 0 aliphatic rings. The van der Waals surface area contributed by atoms with Crippen molar-refractivity contribution < 1.29 is 14.3 Å². The third-order valence-corrected chi connectivity index (χ3v) is 3.93. The van der Waals surface area contributed by atoms with E-state index in [4.69, 9.17) is 4.74 Å². The summed E-state index contributed by atoms with van der Waals surface area (Å²) < 4.78 is 4.79. The number of nitrogens with one attached hydrogen (secondary N) is 1. The van der Waals surface area contributed by atoms with Crippen molar-refractivity contribution in [1.82, 2.24) is 9.88 Å². The first-order valence-electron chi connectivity index (χ1n) is 7.60. The number of hydrogen-bond donors (Lipinski definition) is 1. The lowest BCUT2D eigenvalue weighted by Crippen LogP contribution is -2.31. The van der Waals surface area contributed by atoms with Gasteiger partial charge in [-0.25, -0.2) is 4.79 Å². The van der Waals surface area contributed by atoms with E-state index >= 15 is 0 Å². The van der Waals surface area contributed by atoms with E-state index in [1.165, 1.54) is 7.11 Å². The Bertz CT molecular complexity index is 705. The molecule has 0 aliphatic heterocycles. The van der Waals surface area contributed by atoms with Crippen LogP contribution in [-0.2, 0) is 11.3 Å². The molecule has 0 saturated heterocycles. The van der Waals surface area contributed by atoms with Crippen LogP contribution < -0.4 is 0 Å². The second-order valence-electron chi connectivity index (χ2n) is 5.42. The third-order valence-electron chi connectivity index (χ3n) is 3.93. The fourth-order valence-corrected chi connectivity index (χ4v) is 2.66. The highest BCUT2D eigenvalue weighted by atomic mass is 16.5. The van der Waals surface area contributed by atoms with Gasteiger partial charge in [0.15, 0.2) is 0 Å². The monoisotopic (exact) mass is 314 g/mol. The van der Waals surface area contributed by atoms with Crippen molar-refractivity contribution in [1.29, 1.82) is 0 Å². The largest absolute Gasteiger partial charge is 0.465 e. The van der Waals surface area contributed by atoms with E-state index in [2.05, 4.69) is 4.98 Å². The van der Waals surface area contributed by atoms with Crippen molar-refractivity contribution in [2.24, 2.45) is 0 Å². The summed E-state index contributed by atoms with van der Waals surface area (Å²) in [7, 11) is 1.34. The lowest BCUT2D eigenvalue weighted by atomic mass is 10.1. The average molecular weight is 314 g/mol. The van der Waals surface area contributed by atoms with Gasteiger partial charge < -0.3 is 14.6 Å². The number of H-pyrrole nitrogens is 1. The molecule has 0 fully saturated rings. The molecule has 0 saturated carbocycles. The predicted octanol–water partition coefficient (Wildman–Crippen LogP) is 3.08. The number of nitrogens with zero attached hydrogens (tertiary/aromatic N) is 1. The molecule has 1 heterocycles. The zero-order valence-corrected chi connectivity index (χ0v) is 14.0. The van der Waals surface area contributed by atoms with Crippen LogP contribution in [0.2, 0.25) is 0 Å². The lowest BCUT2D eigenvalue weighted by Gasteiger charge is -2.21. The number of carbonyl (C=O) groups is 2. The van der Waals surface area contributed by atoms with E-state index in [-0.39, 0.29) is 5.91 Å². The summed E-state index contributed by atoms with van der Waals surface area (Å²) in [6, 6.07) is 9.83. The summed E-state index contributed by atoms with van der Waals surface area (Å²) in [5.41, 5.74) is 3.23. The van der Waals surface area contributed by atoms with E-state index < -0.39 is 5.97 Å². The van der Waals surface area contributed by atoms with E-state index in [1.54, 1.807) is 18.7 Å². The second-order valence-corrected chi connectivity index (χ2v) is 5.42. The molecule has 0 radical (unpaired) electrons. The summed E-state index contributed by atoms with van der Waals surface area (Å²) in [6.45, 7) is 6.58. The SMILES string of the molecule is CCN(Cc1ccccc1)C(=O)c1[nH]c(C)c(C(=O)OC)c1C. The maximum absolute atomic E-state index is 12.8. The van der Waals surface area contributed by atoms with Gasteiger partial charge in [0, 0.05) is 18.8 Å². The summed E-state index contributed by atoms with van der Waals surface area (Å²) in [4.78, 5) is 29.5. The van der Waals surface area contributed by atoms with Crippen LogP contribution in [0, 0.1) is 13.8 Å². The maximum Gasteiger partial charge on any atom is 0.339 e. The highest BCUT2D eigenvalue weighted by Crippen LogP contribution is 2.21. The Kier molecular flexibility index (Phi) is 5.21. The van der Waals surface area contributed by atoms with Crippen molar-refractivity contribution >= 4 is 11.9 Å². The van der Waals surface area contributed by atoms with Gasteiger partial charge in [-0.1, -0.05) is 30.3 Å². The molecule has 0 aliphatic carbocycles. The summed E-state index contributed by atoms with van der Waals surface area (Å²) in [6.07, 6.45) is 0. The van der Waals surface area contributed by atoms with Crippen LogP contribution in [0.15, 0.2) is 30.3 Å². The molecule has 23 heavy (non-hydrogen) atoms. The Morgan fingerprint density at radius 3 is 2.39 bits per heavy atom. The minimum atomic E-state index is -0.429. The summed E-state index contributed by atoms with van der Waals surface area (Å²) in [5.74, 6) is -0.548. The Hall–Kier alpha value is -2.56. The number of aromatic nitrogens is 1. The number of ether oxygens (including phenoxy) is 1.